The summed E-state index contributed by atoms with van der Waals surface area (Å²) in [5, 5.41) is 0. The molecular weight excluding hydrogens is 485 g/mol. The molecule has 0 aliphatic carbocycles. The molecule has 1 rings (SSSR count). The summed E-state index contributed by atoms with van der Waals surface area (Å²) in [6.07, 6.45) is 0. The van der Waals surface area contributed by atoms with E-state index < -0.39 is 0 Å². The summed E-state index contributed by atoms with van der Waals surface area (Å²) in [4.78, 5) is 0. The van der Waals surface area contributed by atoms with Gasteiger partial charge in [-0.3, -0.25) is 0 Å². The molecule has 0 amide bonds. The van der Waals surface area contributed by atoms with Crippen molar-refractivity contribution in [1.29, 1.82) is 0 Å². The van der Waals surface area contributed by atoms with Crippen molar-refractivity contribution in [3.8, 4) is 0 Å². The molecule has 0 aromatic carbocycles. The van der Waals surface area contributed by atoms with Gasteiger partial charge in [-0.15, -0.1) is 46.2 Å². The molecule has 30 heavy (non-hydrogen) atoms. The van der Waals surface area contributed by atoms with Crippen LogP contribution in [-0.2, 0) is 28.4 Å². The monoisotopic (exact) mass is 518 g/mol. The lowest BCUT2D eigenvalue weighted by atomic mass is 10.7. The number of hydrogen-bond donors (Lipinski definition) is 0. The van der Waals surface area contributed by atoms with Crippen molar-refractivity contribution >= 4 is 58.4 Å². The van der Waals surface area contributed by atoms with E-state index in [1.54, 1.807) is 22.7 Å². The first-order valence-corrected chi connectivity index (χ1v) is 14.1. The van der Waals surface area contributed by atoms with Crippen molar-refractivity contribution < 1.29 is 28.4 Å². The van der Waals surface area contributed by atoms with Gasteiger partial charge in [-0.25, -0.2) is 0 Å². The van der Waals surface area contributed by atoms with E-state index in [2.05, 4.69) is 0 Å². The molecule has 1 aromatic rings. The van der Waals surface area contributed by atoms with Crippen LogP contribution in [0.15, 0.2) is 8.42 Å². The Morgan fingerprint density at radius 3 is 1.27 bits per heavy atom. The number of ether oxygens (including phenoxy) is 6. The highest BCUT2D eigenvalue weighted by atomic mass is 32.2. The van der Waals surface area contributed by atoms with Gasteiger partial charge in [-0.2, -0.15) is 0 Å². The van der Waals surface area contributed by atoms with Gasteiger partial charge in [0.1, 0.15) is 3.14 Å². The highest BCUT2D eigenvalue weighted by Gasteiger charge is 2.09. The summed E-state index contributed by atoms with van der Waals surface area (Å²) in [7, 11) is 0. The fourth-order valence-corrected chi connectivity index (χ4v) is 7.94. The maximum Gasteiger partial charge on any atom is 0.145 e. The molecule has 0 spiro atoms. The van der Waals surface area contributed by atoms with E-state index in [4.69, 9.17) is 40.6 Å². The molecule has 0 unspecified atom stereocenters. The van der Waals surface area contributed by atoms with Gasteiger partial charge in [0.25, 0.3) is 0 Å². The molecule has 11 heteroatoms. The van der Waals surface area contributed by atoms with E-state index in [0.29, 0.717) is 66.1 Å². The highest BCUT2D eigenvalue weighted by Crippen LogP contribution is 2.40. The van der Waals surface area contributed by atoms with Gasteiger partial charge in [-0.05, 0) is 13.8 Å². The van der Waals surface area contributed by atoms with Crippen LogP contribution in [0.3, 0.4) is 0 Å². The minimum absolute atomic E-state index is 0.605. The average Bonchev–Trinajstić information content (AvgIpc) is 3.10. The van der Waals surface area contributed by atoms with Crippen molar-refractivity contribution in [3.63, 3.8) is 0 Å². The number of thioether (sulfide) groups is 2. The van der Waals surface area contributed by atoms with Crippen molar-refractivity contribution in [2.24, 2.45) is 0 Å². The first-order valence-electron chi connectivity index (χ1n) is 10.1. The minimum Gasteiger partial charge on any atom is -0.379 e. The molecule has 0 aliphatic heterocycles. The summed E-state index contributed by atoms with van der Waals surface area (Å²) in [5.41, 5.74) is 0. The number of rotatable bonds is 22. The molecule has 0 saturated carbocycles. The third-order valence-corrected chi connectivity index (χ3v) is 8.85. The Bertz CT molecular complexity index is 509. The zero-order chi connectivity index (χ0) is 21.7. The van der Waals surface area contributed by atoms with Crippen LogP contribution in [0.4, 0.5) is 0 Å². The second kappa shape index (κ2) is 21.6. The summed E-state index contributed by atoms with van der Waals surface area (Å²) in [5.74, 6) is 1.81. The molecule has 0 atom stereocenters. The summed E-state index contributed by atoms with van der Waals surface area (Å²) >= 11 is 12.4. The molecule has 0 N–H and O–H groups in total. The van der Waals surface area contributed by atoms with Crippen molar-refractivity contribution in [2.75, 3.05) is 90.8 Å². The van der Waals surface area contributed by atoms with Crippen LogP contribution in [0.5, 0.6) is 0 Å². The van der Waals surface area contributed by atoms with Crippen molar-refractivity contribution in [2.45, 2.75) is 22.3 Å². The van der Waals surface area contributed by atoms with E-state index in [0.717, 1.165) is 27.9 Å². The first-order chi connectivity index (χ1) is 14.8. The quantitative estimate of drug-likeness (QED) is 0.122. The Hall–Kier alpha value is 0.730. The fourth-order valence-electron chi connectivity index (χ4n) is 1.99. The van der Waals surface area contributed by atoms with Gasteiger partial charge in [0, 0.05) is 24.7 Å². The molecule has 1 aromatic heterocycles. The summed E-state index contributed by atoms with van der Waals surface area (Å²) in [6.45, 7) is 11.8. The van der Waals surface area contributed by atoms with Gasteiger partial charge in [0.05, 0.1) is 74.5 Å². The Morgan fingerprint density at radius 1 is 0.567 bits per heavy atom. The fraction of sp³-hybridized carbons (Fsp3) is 0.842. The first kappa shape index (κ1) is 28.8. The zero-order valence-corrected chi connectivity index (χ0v) is 22.0. The third-order valence-electron chi connectivity index (χ3n) is 3.34. The lowest BCUT2D eigenvalue weighted by Gasteiger charge is -2.07. The molecule has 0 saturated heterocycles. The maximum atomic E-state index is 5.62. The molecule has 6 nitrogen and oxygen atoms in total. The second-order valence-corrected chi connectivity index (χ2v) is 11.5. The topological polar surface area (TPSA) is 55.4 Å². The van der Waals surface area contributed by atoms with Gasteiger partial charge < -0.3 is 28.4 Å². The van der Waals surface area contributed by atoms with Gasteiger partial charge in [0.15, 0.2) is 0 Å². The van der Waals surface area contributed by atoms with E-state index in [9.17, 15) is 0 Å². The van der Waals surface area contributed by atoms with Gasteiger partial charge in [0.2, 0.25) is 0 Å². The number of hydrogen-bond acceptors (Lipinski definition) is 11. The largest absolute Gasteiger partial charge is 0.379 e. The van der Waals surface area contributed by atoms with Crippen LogP contribution >= 0.6 is 58.4 Å². The Balaban J connectivity index is 2.03. The molecule has 0 fully saturated rings. The van der Waals surface area contributed by atoms with Gasteiger partial charge in [-0.1, -0.05) is 12.2 Å². The SMILES string of the molecule is CCOCCOCCOCCSc1sc(=S)sc1SCCOCCOCCOCC. The standard InChI is InChI=1S/C19H34O6S5/c1-3-20-5-7-22-9-11-24-13-15-27-17-18(30-19(26)29-17)28-16-14-25-12-10-23-8-6-21-4-2/h3-16H2,1-2H3. The Morgan fingerprint density at radius 2 is 0.900 bits per heavy atom. The molecule has 0 aliphatic rings. The maximum absolute atomic E-state index is 5.62. The van der Waals surface area contributed by atoms with Gasteiger partial charge >= 0.3 is 0 Å². The lowest BCUT2D eigenvalue weighted by Crippen LogP contribution is -2.10. The second-order valence-electron chi connectivity index (χ2n) is 5.57. The predicted molar refractivity (Wildman–Crippen MR) is 131 cm³/mol. The van der Waals surface area contributed by atoms with Crippen LogP contribution in [0.25, 0.3) is 0 Å². The van der Waals surface area contributed by atoms with E-state index in [1.165, 1.54) is 8.42 Å². The molecule has 0 bridgehead atoms. The van der Waals surface area contributed by atoms with E-state index in [1.807, 2.05) is 37.4 Å². The summed E-state index contributed by atoms with van der Waals surface area (Å²) in [6, 6.07) is 0. The van der Waals surface area contributed by atoms with Crippen LogP contribution in [0, 0.1) is 3.14 Å². The normalized spacial score (nSPS) is 11.4. The van der Waals surface area contributed by atoms with Crippen molar-refractivity contribution in [3.05, 3.63) is 3.14 Å². The smallest absolute Gasteiger partial charge is 0.145 e. The average molecular weight is 519 g/mol. The third kappa shape index (κ3) is 16.4. The Labute approximate surface area is 202 Å². The van der Waals surface area contributed by atoms with Crippen LogP contribution in [0.1, 0.15) is 13.8 Å². The molecule has 1 heterocycles. The zero-order valence-electron chi connectivity index (χ0n) is 17.9. The summed E-state index contributed by atoms with van der Waals surface area (Å²) < 4.78 is 36.1. The minimum atomic E-state index is 0.605. The van der Waals surface area contributed by atoms with Crippen LogP contribution < -0.4 is 0 Å². The van der Waals surface area contributed by atoms with Crippen LogP contribution in [-0.4, -0.2) is 90.8 Å². The lowest BCUT2D eigenvalue weighted by molar-refractivity contribution is 0.0200. The highest BCUT2D eigenvalue weighted by molar-refractivity contribution is 8.05. The van der Waals surface area contributed by atoms with E-state index in [-0.39, 0.29) is 0 Å². The van der Waals surface area contributed by atoms with Crippen LogP contribution in [0.2, 0.25) is 0 Å². The van der Waals surface area contributed by atoms with Crippen molar-refractivity contribution in [1.82, 2.24) is 0 Å². The molecule has 0 radical (unpaired) electrons. The Kier molecular flexibility index (Phi) is 20.7. The molecular formula is C19H34O6S5. The predicted octanol–water partition coefficient (Wildman–Crippen LogP) is 4.86. The molecule has 176 valence electrons. The van der Waals surface area contributed by atoms with E-state index >= 15 is 0 Å².